The maximum atomic E-state index is 16.3. The molecule has 0 aliphatic carbocycles. The lowest BCUT2D eigenvalue weighted by Gasteiger charge is -2.38. The number of nitro groups is 2. The van der Waals surface area contributed by atoms with Crippen LogP contribution in [0.1, 0.15) is 31.1 Å². The van der Waals surface area contributed by atoms with Crippen LogP contribution >= 0.6 is 27.7 Å². The number of hydrogen-bond acceptors (Lipinski definition) is 13. The van der Waals surface area contributed by atoms with Gasteiger partial charge in [0.2, 0.25) is 0 Å². The highest BCUT2D eigenvalue weighted by atomic mass is 79.9. The maximum absolute atomic E-state index is 16.3. The zero-order valence-corrected chi connectivity index (χ0v) is 30.4. The van der Waals surface area contributed by atoms with Crippen LogP contribution in [0.2, 0.25) is 0 Å². The molecular weight excluding hydrogens is 805 g/mol. The topological polar surface area (TPSA) is 178 Å². The largest absolute Gasteiger partial charge is 0.459 e. The van der Waals surface area contributed by atoms with Gasteiger partial charge in [0.25, 0.3) is 5.69 Å². The molecule has 14 nitrogen and oxygen atoms in total. The molecular formula is C38H25BrFN3O11S. The number of carbonyl (C=O) groups is 3. The third kappa shape index (κ3) is 7.62. The lowest BCUT2D eigenvalue weighted by molar-refractivity contribution is -0.394. The summed E-state index contributed by atoms with van der Waals surface area (Å²) in [7, 11) is 0. The molecule has 2 aliphatic rings. The molecule has 0 aromatic heterocycles. The number of fused-ring (bicyclic) bond motifs is 2. The summed E-state index contributed by atoms with van der Waals surface area (Å²) in [5, 5.41) is 24.6. The van der Waals surface area contributed by atoms with E-state index < -0.39 is 76.1 Å². The third-order valence-electron chi connectivity index (χ3n) is 8.58. The van der Waals surface area contributed by atoms with Crippen LogP contribution in [0.5, 0.6) is 0 Å². The van der Waals surface area contributed by atoms with E-state index in [4.69, 9.17) is 18.9 Å². The van der Waals surface area contributed by atoms with Crippen LogP contribution < -0.4 is 4.90 Å². The molecule has 4 atom stereocenters. The van der Waals surface area contributed by atoms with Gasteiger partial charge in [-0.1, -0.05) is 82.3 Å². The van der Waals surface area contributed by atoms with E-state index in [1.807, 2.05) is 0 Å². The van der Waals surface area contributed by atoms with Crippen LogP contribution in [0.25, 0.3) is 0 Å². The van der Waals surface area contributed by atoms with Crippen molar-refractivity contribution in [3.8, 4) is 0 Å². The van der Waals surface area contributed by atoms with Gasteiger partial charge in [0.05, 0.1) is 43.2 Å². The Morgan fingerprint density at radius 2 is 1.25 bits per heavy atom. The number of hydrogen-bond donors (Lipinski definition) is 0. The molecule has 5 aromatic carbocycles. The van der Waals surface area contributed by atoms with Crippen molar-refractivity contribution >= 4 is 68.3 Å². The number of esters is 3. The molecule has 0 N–H and O–H groups in total. The number of halogens is 2. The van der Waals surface area contributed by atoms with Gasteiger partial charge in [-0.2, -0.15) is 0 Å². The molecule has 7 rings (SSSR count). The smallest absolute Gasteiger partial charge is 0.338 e. The second kappa shape index (κ2) is 15.7. The molecule has 0 bridgehead atoms. The van der Waals surface area contributed by atoms with Gasteiger partial charge in [0.1, 0.15) is 24.2 Å². The number of nitrogens with zero attached hydrogens (tertiary/aromatic N) is 3. The van der Waals surface area contributed by atoms with E-state index in [2.05, 4.69) is 15.9 Å². The number of nitro benzene ring substituents is 2. The van der Waals surface area contributed by atoms with Gasteiger partial charge in [-0.05, 0) is 48.5 Å². The number of anilines is 2. The molecule has 5 aromatic rings. The van der Waals surface area contributed by atoms with E-state index in [-0.39, 0.29) is 42.3 Å². The summed E-state index contributed by atoms with van der Waals surface area (Å²) in [5.74, 6) is -3.49. The molecule has 0 radical (unpaired) electrons. The zero-order valence-electron chi connectivity index (χ0n) is 28.0. The Morgan fingerprint density at radius 1 is 0.727 bits per heavy atom. The number of rotatable bonds is 10. The minimum absolute atomic E-state index is 0.0283. The van der Waals surface area contributed by atoms with Crippen LogP contribution in [0.15, 0.2) is 130 Å². The summed E-state index contributed by atoms with van der Waals surface area (Å²) in [6, 6.07) is 27.9. The zero-order chi connectivity index (χ0) is 38.8. The van der Waals surface area contributed by atoms with E-state index in [1.165, 1.54) is 42.5 Å². The first-order valence-corrected chi connectivity index (χ1v) is 17.9. The second-order valence-corrected chi connectivity index (χ2v) is 14.0. The van der Waals surface area contributed by atoms with Crippen molar-refractivity contribution in [3.05, 3.63) is 162 Å². The molecule has 1 saturated heterocycles. The quantitative estimate of drug-likeness (QED) is 0.0572. The standard InChI is InChI=1S/C38H25BrFN3O11S/c39-24-16-26(40)31-29(17-24)55-30-19-25(42(47)48)18-27(43(49)50)32(30)41(31)35-34(54-38(46)23-14-8-3-9-15-23)33(53-37(45)22-12-6-2-7-13-22)28(52-35)20-51-36(44)21-10-4-1-5-11-21/h1-19,28,33-35H,20H2/t28-,33-,34-,35-/m1/s1. The van der Waals surface area contributed by atoms with Gasteiger partial charge >= 0.3 is 23.6 Å². The SMILES string of the molecule is O=C(OC[C@H]1O[C@@H](N2c3c(F)cc(Br)cc3Sc3cc([N+](=O)[O-])cc([N+](=O)[O-])c32)[C@H](OC(=O)c2ccccc2)[C@@H]1OC(=O)c1ccccc1)c1ccccc1. The lowest BCUT2D eigenvalue weighted by Crippen LogP contribution is -2.47. The van der Waals surface area contributed by atoms with Crippen LogP contribution in [0.4, 0.5) is 27.1 Å². The minimum atomic E-state index is -1.73. The van der Waals surface area contributed by atoms with E-state index in [0.29, 0.717) is 0 Å². The predicted molar refractivity (Wildman–Crippen MR) is 197 cm³/mol. The van der Waals surface area contributed by atoms with Gasteiger partial charge in [-0.15, -0.1) is 0 Å². The first kappa shape index (κ1) is 37.2. The Balaban J connectivity index is 1.40. The van der Waals surface area contributed by atoms with Gasteiger partial charge in [-0.25, -0.2) is 18.8 Å². The lowest BCUT2D eigenvalue weighted by atomic mass is 10.1. The van der Waals surface area contributed by atoms with Crippen molar-refractivity contribution in [3.63, 3.8) is 0 Å². The van der Waals surface area contributed by atoms with Crippen molar-refractivity contribution in [2.75, 3.05) is 11.5 Å². The monoisotopic (exact) mass is 829 g/mol. The van der Waals surface area contributed by atoms with Crippen molar-refractivity contribution in [1.29, 1.82) is 0 Å². The summed E-state index contributed by atoms with van der Waals surface area (Å²) in [4.78, 5) is 64.7. The van der Waals surface area contributed by atoms with Crippen molar-refractivity contribution in [2.24, 2.45) is 0 Å². The highest BCUT2D eigenvalue weighted by molar-refractivity contribution is 9.10. The Bertz CT molecular complexity index is 2320. The average Bonchev–Trinajstić information content (AvgIpc) is 3.51. The summed E-state index contributed by atoms with van der Waals surface area (Å²) in [5.41, 5.74) is -1.64. The number of carbonyl (C=O) groups excluding carboxylic acids is 3. The fourth-order valence-electron chi connectivity index (χ4n) is 6.15. The van der Waals surface area contributed by atoms with E-state index in [1.54, 1.807) is 54.6 Å². The van der Waals surface area contributed by atoms with Crippen LogP contribution in [0, 0.1) is 26.0 Å². The van der Waals surface area contributed by atoms with Gasteiger partial charge in [0.15, 0.2) is 18.4 Å². The fourth-order valence-corrected chi connectivity index (χ4v) is 7.92. The molecule has 17 heteroatoms. The summed E-state index contributed by atoms with van der Waals surface area (Å²) in [6.45, 7) is -0.593. The number of ether oxygens (including phenoxy) is 4. The molecule has 1 fully saturated rings. The van der Waals surface area contributed by atoms with Crippen LogP contribution in [-0.2, 0) is 18.9 Å². The fraction of sp³-hybridized carbons (Fsp3) is 0.132. The molecule has 0 spiro atoms. The summed E-state index contributed by atoms with van der Waals surface area (Å²) >= 11 is 4.09. The van der Waals surface area contributed by atoms with Crippen molar-refractivity contribution < 1.29 is 47.6 Å². The Kier molecular flexibility index (Phi) is 10.6. The molecule has 2 heterocycles. The van der Waals surface area contributed by atoms with Gasteiger partial charge in [0, 0.05) is 15.4 Å². The van der Waals surface area contributed by atoms with E-state index in [0.717, 1.165) is 34.9 Å². The van der Waals surface area contributed by atoms with Crippen molar-refractivity contribution in [2.45, 2.75) is 34.3 Å². The highest BCUT2D eigenvalue weighted by Crippen LogP contribution is 2.56. The minimum Gasteiger partial charge on any atom is -0.459 e. The summed E-state index contributed by atoms with van der Waals surface area (Å²) in [6.07, 6.45) is -6.42. The number of non-ortho nitro benzene ring substituents is 1. The molecule has 55 heavy (non-hydrogen) atoms. The molecule has 278 valence electrons. The Hall–Kier alpha value is -6.17. The maximum Gasteiger partial charge on any atom is 0.338 e. The normalized spacial score (nSPS) is 18.4. The van der Waals surface area contributed by atoms with E-state index in [9.17, 15) is 34.6 Å². The predicted octanol–water partition coefficient (Wildman–Crippen LogP) is 8.04. The average molecular weight is 831 g/mol. The van der Waals surface area contributed by atoms with Gasteiger partial charge in [-0.3, -0.25) is 20.2 Å². The molecule has 0 saturated carbocycles. The summed E-state index contributed by atoms with van der Waals surface area (Å²) < 4.78 is 40.7. The second-order valence-electron chi connectivity index (χ2n) is 12.0. The highest BCUT2D eigenvalue weighted by Gasteiger charge is 2.55. The molecule has 2 aliphatic heterocycles. The molecule has 0 unspecified atom stereocenters. The molecule has 0 amide bonds. The van der Waals surface area contributed by atoms with Gasteiger partial charge < -0.3 is 23.8 Å². The van der Waals surface area contributed by atoms with Crippen LogP contribution in [-0.4, -0.2) is 58.9 Å². The van der Waals surface area contributed by atoms with Crippen LogP contribution in [0.3, 0.4) is 0 Å². The number of benzene rings is 5. The Labute approximate surface area is 323 Å². The third-order valence-corrected chi connectivity index (χ3v) is 10.1. The van der Waals surface area contributed by atoms with E-state index >= 15 is 4.39 Å². The van der Waals surface area contributed by atoms with Crippen molar-refractivity contribution in [1.82, 2.24) is 0 Å². The first-order chi connectivity index (χ1) is 26.5. The first-order valence-electron chi connectivity index (χ1n) is 16.3. The Morgan fingerprint density at radius 3 is 1.80 bits per heavy atom.